The molecule has 0 radical (unpaired) electrons. The zero-order valence-electron chi connectivity index (χ0n) is 17.4. The highest BCUT2D eigenvalue weighted by molar-refractivity contribution is 5.98. The molecule has 3 amide bonds. The van der Waals surface area contributed by atoms with Gasteiger partial charge in [0.1, 0.15) is 12.1 Å². The van der Waals surface area contributed by atoms with Crippen LogP contribution in [0.3, 0.4) is 0 Å². The van der Waals surface area contributed by atoms with Crippen LogP contribution in [-0.2, 0) is 19.2 Å². The lowest BCUT2D eigenvalue weighted by Gasteiger charge is -2.37. The number of nitrogens with one attached hydrogen (secondary N) is 3. The predicted octanol–water partition coefficient (Wildman–Crippen LogP) is -2.14. The van der Waals surface area contributed by atoms with Crippen molar-refractivity contribution >= 4 is 29.5 Å². The lowest BCUT2D eigenvalue weighted by atomic mass is 9.75. The highest BCUT2D eigenvalue weighted by Gasteiger charge is 2.45. The number of carbonyl (C=O) groups excluding carboxylic acids is 4. The number of hydrogen-bond acceptors (Lipinski definition) is 6. The summed E-state index contributed by atoms with van der Waals surface area (Å²) in [5, 5.41) is 8.50. The minimum Gasteiger partial charge on any atom is -0.370 e. The van der Waals surface area contributed by atoms with Gasteiger partial charge in [0.15, 0.2) is 11.7 Å². The lowest BCUT2D eigenvalue weighted by Crippen LogP contribution is -2.64. The van der Waals surface area contributed by atoms with Crippen LogP contribution >= 0.6 is 0 Å². The van der Waals surface area contributed by atoms with Gasteiger partial charge in [-0.05, 0) is 25.7 Å². The number of unbranched alkanes of at least 4 members (excludes halogenated alkanes) is 1. The van der Waals surface area contributed by atoms with Crippen LogP contribution in [-0.4, -0.2) is 60.7 Å². The minimum absolute atomic E-state index is 0.0434. The Morgan fingerprint density at radius 2 is 1.73 bits per heavy atom. The Balaban J connectivity index is 2.08. The van der Waals surface area contributed by atoms with Crippen LogP contribution in [0.1, 0.15) is 45.4 Å². The SMILES string of the molecule is CCCC[C@@H]1NC[C@H](C(=O)C2CC(C(N)=O)NC(=O)[C@@H]2CCCN=C(N)N)NC1=O. The van der Waals surface area contributed by atoms with Gasteiger partial charge in [-0.3, -0.25) is 24.2 Å². The van der Waals surface area contributed by atoms with Crippen LogP contribution in [0.2, 0.25) is 0 Å². The molecule has 168 valence electrons. The quantitative estimate of drug-likeness (QED) is 0.131. The molecule has 0 bridgehead atoms. The fourth-order valence-corrected chi connectivity index (χ4v) is 4.04. The molecular weight excluding hydrogens is 390 g/mol. The molecule has 2 fully saturated rings. The van der Waals surface area contributed by atoms with Gasteiger partial charge < -0.3 is 33.2 Å². The van der Waals surface area contributed by atoms with Gasteiger partial charge >= 0.3 is 0 Å². The molecule has 0 aliphatic carbocycles. The molecule has 2 aliphatic heterocycles. The maximum atomic E-state index is 13.2. The first-order chi connectivity index (χ1) is 14.2. The number of Topliss-reactive ketones (excluding diaryl/α,β-unsaturated/α-hetero) is 1. The van der Waals surface area contributed by atoms with Crippen LogP contribution < -0.4 is 33.2 Å². The average Bonchev–Trinajstić information content (AvgIpc) is 2.69. The number of rotatable bonds is 10. The number of carbonyl (C=O) groups is 4. The fraction of sp³-hybridized carbons (Fsp3) is 0.737. The Kier molecular flexibility index (Phi) is 8.58. The third-order valence-corrected chi connectivity index (χ3v) is 5.70. The van der Waals surface area contributed by atoms with E-state index in [9.17, 15) is 19.2 Å². The first-order valence-electron chi connectivity index (χ1n) is 10.5. The number of nitrogens with zero attached hydrogens (tertiary/aromatic N) is 1. The number of hydrogen-bond donors (Lipinski definition) is 6. The maximum Gasteiger partial charge on any atom is 0.240 e. The number of ketones is 1. The number of guanidine groups is 1. The number of primary amides is 1. The summed E-state index contributed by atoms with van der Waals surface area (Å²) in [6, 6.07) is -1.98. The van der Waals surface area contributed by atoms with Crippen molar-refractivity contribution in [1.29, 1.82) is 0 Å². The molecule has 5 atom stereocenters. The van der Waals surface area contributed by atoms with Gasteiger partial charge in [-0.15, -0.1) is 0 Å². The number of aliphatic imine (C=N–C) groups is 1. The monoisotopic (exact) mass is 423 g/mol. The van der Waals surface area contributed by atoms with E-state index in [-0.39, 0.29) is 30.1 Å². The van der Waals surface area contributed by atoms with Crippen molar-refractivity contribution in [3.05, 3.63) is 0 Å². The number of piperazine rings is 1. The molecule has 2 rings (SSSR count). The van der Waals surface area contributed by atoms with Gasteiger partial charge in [-0.2, -0.15) is 0 Å². The smallest absolute Gasteiger partial charge is 0.240 e. The molecule has 2 heterocycles. The van der Waals surface area contributed by atoms with E-state index in [1.54, 1.807) is 0 Å². The van der Waals surface area contributed by atoms with E-state index in [0.717, 1.165) is 12.8 Å². The molecule has 0 spiro atoms. The Labute approximate surface area is 176 Å². The summed E-state index contributed by atoms with van der Waals surface area (Å²) in [4.78, 5) is 53.8. The van der Waals surface area contributed by atoms with E-state index in [1.807, 2.05) is 6.92 Å². The molecular formula is C19H33N7O4. The molecule has 0 aromatic carbocycles. The number of nitrogens with two attached hydrogens (primary N) is 3. The minimum atomic E-state index is -0.912. The molecule has 11 nitrogen and oxygen atoms in total. The average molecular weight is 424 g/mol. The first-order valence-corrected chi connectivity index (χ1v) is 10.5. The molecule has 0 saturated carbocycles. The standard InChI is InChI=1S/C19H33N7O4/c1-2-3-6-12-18(30)26-14(9-24-12)15(27)11-8-13(16(20)28)25-17(29)10(11)5-4-7-23-19(21)22/h10-14,24H,2-9H2,1H3,(H2,20,28)(H,25,29)(H,26,30)(H4,21,22,23)/t10-,11?,12+,13?,14-/m1/s1. The summed E-state index contributed by atoms with van der Waals surface area (Å²) in [7, 11) is 0. The van der Waals surface area contributed by atoms with Crippen molar-refractivity contribution in [3.63, 3.8) is 0 Å². The molecule has 2 aliphatic rings. The number of amides is 3. The van der Waals surface area contributed by atoms with E-state index >= 15 is 0 Å². The zero-order chi connectivity index (χ0) is 22.3. The van der Waals surface area contributed by atoms with Crippen molar-refractivity contribution in [3.8, 4) is 0 Å². The summed E-state index contributed by atoms with van der Waals surface area (Å²) in [6.07, 6.45) is 3.56. The second kappa shape index (κ2) is 10.9. The third-order valence-electron chi connectivity index (χ3n) is 5.70. The van der Waals surface area contributed by atoms with E-state index in [2.05, 4.69) is 20.9 Å². The Morgan fingerprint density at radius 3 is 2.33 bits per heavy atom. The summed E-state index contributed by atoms with van der Waals surface area (Å²) >= 11 is 0. The number of piperidine rings is 1. The van der Waals surface area contributed by atoms with E-state index < -0.39 is 35.7 Å². The van der Waals surface area contributed by atoms with Gasteiger partial charge in [-0.1, -0.05) is 19.8 Å². The Bertz CT molecular complexity index is 692. The van der Waals surface area contributed by atoms with Crippen molar-refractivity contribution < 1.29 is 19.2 Å². The van der Waals surface area contributed by atoms with Crippen LogP contribution in [0, 0.1) is 11.8 Å². The molecule has 30 heavy (non-hydrogen) atoms. The molecule has 0 aromatic rings. The molecule has 9 N–H and O–H groups in total. The molecule has 2 unspecified atom stereocenters. The van der Waals surface area contributed by atoms with Crippen molar-refractivity contribution in [2.24, 2.45) is 34.0 Å². The van der Waals surface area contributed by atoms with E-state index in [4.69, 9.17) is 17.2 Å². The van der Waals surface area contributed by atoms with Crippen molar-refractivity contribution in [1.82, 2.24) is 16.0 Å². The third kappa shape index (κ3) is 6.15. The molecule has 2 saturated heterocycles. The maximum absolute atomic E-state index is 13.2. The zero-order valence-corrected chi connectivity index (χ0v) is 17.4. The van der Waals surface area contributed by atoms with Crippen molar-refractivity contribution in [2.45, 2.75) is 63.6 Å². The normalized spacial score (nSPS) is 28.9. The van der Waals surface area contributed by atoms with Crippen LogP contribution in [0.15, 0.2) is 4.99 Å². The van der Waals surface area contributed by atoms with Crippen molar-refractivity contribution in [2.75, 3.05) is 13.1 Å². The van der Waals surface area contributed by atoms with Crippen LogP contribution in [0.25, 0.3) is 0 Å². The van der Waals surface area contributed by atoms with Gasteiger partial charge in [0.2, 0.25) is 17.7 Å². The Hall–Kier alpha value is -2.69. The second-order valence-electron chi connectivity index (χ2n) is 7.93. The highest BCUT2D eigenvalue weighted by Crippen LogP contribution is 2.29. The first kappa shape index (κ1) is 23.6. The largest absolute Gasteiger partial charge is 0.370 e. The van der Waals surface area contributed by atoms with Crippen LogP contribution in [0.4, 0.5) is 0 Å². The van der Waals surface area contributed by atoms with E-state index in [1.165, 1.54) is 0 Å². The van der Waals surface area contributed by atoms with Crippen LogP contribution in [0.5, 0.6) is 0 Å². The van der Waals surface area contributed by atoms with Gasteiger partial charge in [0, 0.05) is 24.9 Å². The summed E-state index contributed by atoms with van der Waals surface area (Å²) in [6.45, 7) is 2.66. The molecule has 0 aromatic heterocycles. The molecule has 11 heteroatoms. The van der Waals surface area contributed by atoms with Gasteiger partial charge in [0.25, 0.3) is 0 Å². The summed E-state index contributed by atoms with van der Waals surface area (Å²) < 4.78 is 0. The fourth-order valence-electron chi connectivity index (χ4n) is 4.04. The second-order valence-corrected chi connectivity index (χ2v) is 7.93. The Morgan fingerprint density at radius 1 is 1.03 bits per heavy atom. The summed E-state index contributed by atoms with van der Waals surface area (Å²) in [5.74, 6) is -2.98. The van der Waals surface area contributed by atoms with Gasteiger partial charge in [0.05, 0.1) is 6.04 Å². The topological polar surface area (TPSA) is 195 Å². The van der Waals surface area contributed by atoms with E-state index in [0.29, 0.717) is 32.4 Å². The summed E-state index contributed by atoms with van der Waals surface area (Å²) in [5.41, 5.74) is 16.0. The lowest BCUT2D eigenvalue weighted by molar-refractivity contribution is -0.143. The predicted molar refractivity (Wildman–Crippen MR) is 111 cm³/mol. The highest BCUT2D eigenvalue weighted by atomic mass is 16.2. The van der Waals surface area contributed by atoms with Gasteiger partial charge in [-0.25, -0.2) is 0 Å².